The maximum absolute atomic E-state index is 13.1. The molecule has 0 radical (unpaired) electrons. The van der Waals surface area contributed by atoms with Crippen molar-refractivity contribution in [2.75, 3.05) is 5.73 Å². The van der Waals surface area contributed by atoms with Gasteiger partial charge in [0.2, 0.25) is 0 Å². The average molecular weight is 247 g/mol. The molecule has 0 spiro atoms. The van der Waals surface area contributed by atoms with Crippen molar-refractivity contribution in [2.45, 2.75) is 0 Å². The van der Waals surface area contributed by atoms with Gasteiger partial charge in [0, 0.05) is 17.6 Å². The number of pyridine rings is 1. The second-order valence-electron chi connectivity index (χ2n) is 3.52. The summed E-state index contributed by atoms with van der Waals surface area (Å²) in [5, 5.41) is 1.31. The van der Waals surface area contributed by atoms with Gasteiger partial charge >= 0.3 is 0 Å². The van der Waals surface area contributed by atoms with Gasteiger partial charge in [-0.1, -0.05) is 11.3 Å². The lowest BCUT2D eigenvalue weighted by molar-refractivity contribution is 0.629. The third kappa shape index (κ3) is 1.53. The number of benzene rings is 1. The van der Waals surface area contributed by atoms with Crippen molar-refractivity contribution in [3.63, 3.8) is 0 Å². The zero-order valence-electron chi connectivity index (χ0n) is 8.48. The number of hydrogen-bond acceptors (Lipinski definition) is 5. The van der Waals surface area contributed by atoms with Gasteiger partial charge in [0.05, 0.1) is 15.6 Å². The first-order chi connectivity index (χ1) is 8.15. The summed E-state index contributed by atoms with van der Waals surface area (Å²) in [7, 11) is 0. The Morgan fingerprint density at radius 2 is 2.12 bits per heavy atom. The number of aromatic nitrogens is 2. The fourth-order valence-corrected chi connectivity index (χ4v) is 2.56. The van der Waals surface area contributed by atoms with E-state index in [-0.39, 0.29) is 10.9 Å². The number of halogens is 1. The van der Waals surface area contributed by atoms with Gasteiger partial charge in [0.25, 0.3) is 5.56 Å². The highest BCUT2D eigenvalue weighted by atomic mass is 32.1. The third-order valence-electron chi connectivity index (χ3n) is 2.43. The molecule has 0 unspecified atom stereocenters. The van der Waals surface area contributed by atoms with Crippen LogP contribution in [0, 0.1) is 5.82 Å². The van der Waals surface area contributed by atoms with Crippen molar-refractivity contribution >= 4 is 37.5 Å². The molecule has 3 rings (SSSR count). The molecule has 0 bridgehead atoms. The highest BCUT2D eigenvalue weighted by Gasteiger charge is 2.08. The van der Waals surface area contributed by atoms with Crippen LogP contribution in [0.4, 0.5) is 9.52 Å². The maximum atomic E-state index is 13.1. The van der Waals surface area contributed by atoms with E-state index in [9.17, 15) is 9.18 Å². The fourth-order valence-electron chi connectivity index (χ4n) is 1.69. The maximum Gasteiger partial charge on any atom is 0.282 e. The number of nitrogens with zero attached hydrogens (tertiary/aromatic N) is 2. The summed E-state index contributed by atoms with van der Waals surface area (Å²) in [4.78, 5) is 19.3. The van der Waals surface area contributed by atoms with Crippen LogP contribution in [0.2, 0.25) is 0 Å². The molecule has 0 fully saturated rings. The van der Waals surface area contributed by atoms with E-state index in [1.54, 1.807) is 6.07 Å². The third-order valence-corrected chi connectivity index (χ3v) is 3.37. The lowest BCUT2D eigenvalue weighted by Crippen LogP contribution is -2.07. The van der Waals surface area contributed by atoms with Crippen molar-refractivity contribution in [2.24, 2.45) is 0 Å². The van der Waals surface area contributed by atoms with E-state index in [0.717, 1.165) is 0 Å². The SMILES string of the molecule is Nc1nc(=O)c2cnc3cc(F)ccc3c2s1. The molecule has 0 aliphatic carbocycles. The molecular weight excluding hydrogens is 241 g/mol. The van der Waals surface area contributed by atoms with E-state index in [2.05, 4.69) is 9.97 Å². The molecule has 0 amide bonds. The highest BCUT2D eigenvalue weighted by molar-refractivity contribution is 7.22. The van der Waals surface area contributed by atoms with Gasteiger partial charge < -0.3 is 5.73 Å². The topological polar surface area (TPSA) is 68.9 Å². The Hall–Kier alpha value is -2.08. The van der Waals surface area contributed by atoms with Crippen LogP contribution < -0.4 is 11.3 Å². The minimum absolute atomic E-state index is 0.194. The van der Waals surface area contributed by atoms with E-state index in [0.29, 0.717) is 21.0 Å². The van der Waals surface area contributed by atoms with E-state index >= 15 is 0 Å². The lowest BCUT2D eigenvalue weighted by atomic mass is 10.2. The first-order valence-corrected chi connectivity index (χ1v) is 5.61. The van der Waals surface area contributed by atoms with E-state index in [1.807, 2.05) is 0 Å². The second-order valence-corrected chi connectivity index (χ2v) is 4.55. The number of hydrogen-bond donors (Lipinski definition) is 1. The monoisotopic (exact) mass is 247 g/mol. The lowest BCUT2D eigenvalue weighted by Gasteiger charge is -2.02. The Kier molecular flexibility index (Phi) is 2.05. The second kappa shape index (κ2) is 3.46. The average Bonchev–Trinajstić information content (AvgIpc) is 2.27. The van der Waals surface area contributed by atoms with Crippen molar-refractivity contribution in [3.8, 4) is 0 Å². The summed E-state index contributed by atoms with van der Waals surface area (Å²) in [6.45, 7) is 0. The zero-order valence-corrected chi connectivity index (χ0v) is 9.29. The Labute approximate surface area is 98.6 Å². The first-order valence-electron chi connectivity index (χ1n) is 4.80. The van der Waals surface area contributed by atoms with Crippen LogP contribution in [0.1, 0.15) is 0 Å². The largest absolute Gasteiger partial charge is 0.375 e. The van der Waals surface area contributed by atoms with Gasteiger partial charge in [-0.2, -0.15) is 4.98 Å². The molecule has 0 atom stereocenters. The molecule has 3 aromatic rings. The van der Waals surface area contributed by atoms with Gasteiger partial charge in [0.15, 0.2) is 5.13 Å². The Bertz CT molecular complexity index is 800. The van der Waals surface area contributed by atoms with E-state index in [1.165, 1.54) is 29.7 Å². The molecule has 0 saturated carbocycles. The molecule has 2 heterocycles. The minimum atomic E-state index is -0.407. The van der Waals surface area contributed by atoms with Crippen molar-refractivity contribution < 1.29 is 4.39 Å². The number of rotatable bonds is 0. The summed E-state index contributed by atoms with van der Waals surface area (Å²) in [6, 6.07) is 4.25. The first kappa shape index (κ1) is 10.1. The van der Waals surface area contributed by atoms with Gasteiger partial charge in [-0.3, -0.25) is 9.78 Å². The predicted octanol–water partition coefficient (Wildman–Crippen LogP) is 1.93. The number of anilines is 1. The van der Waals surface area contributed by atoms with Crippen LogP contribution in [-0.2, 0) is 0 Å². The van der Waals surface area contributed by atoms with Gasteiger partial charge in [-0.15, -0.1) is 0 Å². The van der Waals surface area contributed by atoms with Gasteiger partial charge in [0.1, 0.15) is 5.82 Å². The molecule has 2 N–H and O–H groups in total. The molecule has 0 saturated heterocycles. The van der Waals surface area contributed by atoms with E-state index < -0.39 is 5.56 Å². The molecule has 4 nitrogen and oxygen atoms in total. The summed E-state index contributed by atoms with van der Waals surface area (Å²) in [6.07, 6.45) is 1.41. The normalized spacial score (nSPS) is 11.1. The van der Waals surface area contributed by atoms with Gasteiger partial charge in [-0.05, 0) is 12.1 Å². The highest BCUT2D eigenvalue weighted by Crippen LogP contribution is 2.26. The van der Waals surface area contributed by atoms with Crippen LogP contribution >= 0.6 is 11.3 Å². The van der Waals surface area contributed by atoms with Crippen LogP contribution in [0.5, 0.6) is 0 Å². The number of nitrogen functional groups attached to an aromatic ring is 1. The summed E-state index contributed by atoms with van der Waals surface area (Å²) >= 11 is 1.20. The van der Waals surface area contributed by atoms with Crippen LogP contribution in [0.15, 0.2) is 29.2 Å². The minimum Gasteiger partial charge on any atom is -0.375 e. The predicted molar refractivity (Wildman–Crippen MR) is 65.6 cm³/mol. The summed E-state index contributed by atoms with van der Waals surface area (Å²) in [5.74, 6) is -0.362. The summed E-state index contributed by atoms with van der Waals surface area (Å²) < 4.78 is 13.7. The van der Waals surface area contributed by atoms with Crippen molar-refractivity contribution in [1.29, 1.82) is 0 Å². The van der Waals surface area contributed by atoms with Crippen LogP contribution in [-0.4, -0.2) is 9.97 Å². The Balaban J connectivity index is 2.59. The molecular formula is C11H6FN3OS. The number of fused-ring (bicyclic) bond motifs is 3. The Morgan fingerprint density at radius 1 is 1.29 bits per heavy atom. The van der Waals surface area contributed by atoms with Crippen molar-refractivity contribution in [1.82, 2.24) is 9.97 Å². The summed E-state index contributed by atoms with van der Waals surface area (Å²) in [5.41, 5.74) is 5.65. The fraction of sp³-hybridized carbons (Fsp3) is 0. The number of nitrogens with two attached hydrogens (primary N) is 1. The van der Waals surface area contributed by atoms with Crippen LogP contribution in [0.25, 0.3) is 21.0 Å². The zero-order chi connectivity index (χ0) is 12.0. The molecule has 0 aliphatic heterocycles. The molecule has 6 heteroatoms. The molecule has 84 valence electrons. The molecule has 1 aromatic carbocycles. The van der Waals surface area contributed by atoms with E-state index in [4.69, 9.17) is 5.73 Å². The molecule has 0 aliphatic rings. The Morgan fingerprint density at radius 3 is 2.94 bits per heavy atom. The van der Waals surface area contributed by atoms with Gasteiger partial charge in [-0.25, -0.2) is 4.39 Å². The van der Waals surface area contributed by atoms with Crippen LogP contribution in [0.3, 0.4) is 0 Å². The smallest absolute Gasteiger partial charge is 0.282 e. The molecule has 2 aromatic heterocycles. The molecule has 17 heavy (non-hydrogen) atoms. The standard InChI is InChI=1S/C11H6FN3OS/c12-5-1-2-6-8(3-5)14-4-7-9(6)17-11(13)15-10(7)16/h1-4H,(H2,13,15,16). The quantitative estimate of drug-likeness (QED) is 0.616. The van der Waals surface area contributed by atoms with Crippen molar-refractivity contribution in [3.05, 3.63) is 40.6 Å².